The van der Waals surface area contributed by atoms with Gasteiger partial charge in [0.25, 0.3) is 0 Å². The van der Waals surface area contributed by atoms with Crippen LogP contribution in [-0.2, 0) is 21.6 Å². The van der Waals surface area contributed by atoms with Gasteiger partial charge in [-0.3, -0.25) is 9.59 Å². The van der Waals surface area contributed by atoms with Gasteiger partial charge < -0.3 is 4.74 Å². The molecular formula is C23H22O4. The molecule has 0 atom stereocenters. The van der Waals surface area contributed by atoms with Crippen LogP contribution in [0.15, 0.2) is 59.7 Å². The lowest BCUT2D eigenvalue weighted by molar-refractivity contribution is -0.139. The van der Waals surface area contributed by atoms with Crippen LogP contribution >= 0.6 is 0 Å². The van der Waals surface area contributed by atoms with E-state index >= 15 is 0 Å². The maximum absolute atomic E-state index is 12.7. The van der Waals surface area contributed by atoms with Crippen molar-refractivity contribution in [2.45, 2.75) is 39.7 Å². The van der Waals surface area contributed by atoms with E-state index in [1.54, 1.807) is 24.3 Å². The summed E-state index contributed by atoms with van der Waals surface area (Å²) in [5, 5.41) is 0. The predicted molar refractivity (Wildman–Crippen MR) is 103 cm³/mol. The maximum atomic E-state index is 12.7. The molecule has 4 nitrogen and oxygen atoms in total. The van der Waals surface area contributed by atoms with Crippen LogP contribution in [0.1, 0.15) is 59.5 Å². The highest BCUT2D eigenvalue weighted by Gasteiger charge is 2.34. The largest absolute Gasteiger partial charge is 0.457 e. The van der Waals surface area contributed by atoms with Crippen molar-refractivity contribution in [3.05, 3.63) is 81.9 Å². The van der Waals surface area contributed by atoms with Crippen molar-refractivity contribution < 1.29 is 19.1 Å². The zero-order chi connectivity index (χ0) is 19.8. The van der Waals surface area contributed by atoms with Crippen LogP contribution < -0.4 is 0 Å². The standard InChI is InChI=1S/C23H22O4/c1-14-19(21(25)18-8-6-5-7-17(18)20(14)24)22(26)27-13-15-9-11-16(12-10-15)23(2,3)4/h5-12H,13H2,1-4H3. The lowest BCUT2D eigenvalue weighted by Crippen LogP contribution is -2.26. The van der Waals surface area contributed by atoms with E-state index < -0.39 is 11.8 Å². The van der Waals surface area contributed by atoms with Crippen molar-refractivity contribution >= 4 is 17.5 Å². The van der Waals surface area contributed by atoms with Gasteiger partial charge >= 0.3 is 5.97 Å². The number of hydrogen-bond donors (Lipinski definition) is 0. The van der Waals surface area contributed by atoms with Crippen molar-refractivity contribution in [2.24, 2.45) is 0 Å². The van der Waals surface area contributed by atoms with Gasteiger partial charge in [0.1, 0.15) is 12.2 Å². The number of allylic oxidation sites excluding steroid dienone is 1. The monoisotopic (exact) mass is 362 g/mol. The minimum atomic E-state index is -0.764. The molecule has 0 amide bonds. The summed E-state index contributed by atoms with van der Waals surface area (Å²) in [4.78, 5) is 37.7. The highest BCUT2D eigenvalue weighted by molar-refractivity contribution is 6.35. The van der Waals surface area contributed by atoms with E-state index in [2.05, 4.69) is 20.8 Å². The summed E-state index contributed by atoms with van der Waals surface area (Å²) < 4.78 is 5.33. The second-order valence-corrected chi connectivity index (χ2v) is 7.73. The molecule has 2 aromatic carbocycles. The van der Waals surface area contributed by atoms with Gasteiger partial charge in [-0.1, -0.05) is 69.3 Å². The van der Waals surface area contributed by atoms with Gasteiger partial charge in [0.2, 0.25) is 5.78 Å². The van der Waals surface area contributed by atoms with Crippen molar-refractivity contribution in [3.8, 4) is 0 Å². The van der Waals surface area contributed by atoms with E-state index in [-0.39, 0.29) is 34.5 Å². The highest BCUT2D eigenvalue weighted by atomic mass is 16.5. The molecule has 0 saturated heterocycles. The second-order valence-electron chi connectivity index (χ2n) is 7.73. The van der Waals surface area contributed by atoms with Crippen molar-refractivity contribution in [2.75, 3.05) is 0 Å². The number of rotatable bonds is 3. The molecule has 0 fully saturated rings. The SMILES string of the molecule is CC1=C(C(=O)OCc2ccc(C(C)(C)C)cc2)C(=O)c2ccccc2C1=O. The molecular weight excluding hydrogens is 340 g/mol. The van der Waals surface area contributed by atoms with E-state index in [1.165, 1.54) is 12.5 Å². The molecule has 0 saturated carbocycles. The Hall–Kier alpha value is -3.01. The second kappa shape index (κ2) is 6.95. The molecule has 4 heteroatoms. The maximum Gasteiger partial charge on any atom is 0.342 e. The van der Waals surface area contributed by atoms with E-state index in [0.717, 1.165) is 5.56 Å². The predicted octanol–water partition coefficient (Wildman–Crippen LogP) is 4.42. The van der Waals surface area contributed by atoms with Gasteiger partial charge in [-0.2, -0.15) is 0 Å². The van der Waals surface area contributed by atoms with Crippen molar-refractivity contribution in [1.82, 2.24) is 0 Å². The van der Waals surface area contributed by atoms with Crippen LogP contribution in [0, 0.1) is 0 Å². The average molecular weight is 362 g/mol. The van der Waals surface area contributed by atoms with Gasteiger partial charge in [0.15, 0.2) is 5.78 Å². The fraction of sp³-hybridized carbons (Fsp3) is 0.261. The van der Waals surface area contributed by atoms with E-state index in [1.807, 2.05) is 24.3 Å². The third-order valence-electron chi connectivity index (χ3n) is 4.75. The summed E-state index contributed by atoms with van der Waals surface area (Å²) in [6.45, 7) is 7.91. The number of benzene rings is 2. The van der Waals surface area contributed by atoms with E-state index in [0.29, 0.717) is 5.56 Å². The van der Waals surface area contributed by atoms with Gasteiger partial charge in [-0.25, -0.2) is 4.79 Å². The molecule has 2 aromatic rings. The van der Waals surface area contributed by atoms with E-state index in [4.69, 9.17) is 4.74 Å². The van der Waals surface area contributed by atoms with Crippen LogP contribution in [0.4, 0.5) is 0 Å². The first-order valence-corrected chi connectivity index (χ1v) is 8.86. The summed E-state index contributed by atoms with van der Waals surface area (Å²) in [7, 11) is 0. The summed E-state index contributed by atoms with van der Waals surface area (Å²) in [5.41, 5.74) is 2.57. The van der Waals surface area contributed by atoms with Crippen LogP contribution in [0.25, 0.3) is 0 Å². The fourth-order valence-electron chi connectivity index (χ4n) is 3.07. The Kier molecular flexibility index (Phi) is 4.83. The average Bonchev–Trinajstić information content (AvgIpc) is 2.64. The number of hydrogen-bond acceptors (Lipinski definition) is 4. The summed E-state index contributed by atoms with van der Waals surface area (Å²) in [6, 6.07) is 14.3. The molecule has 0 radical (unpaired) electrons. The zero-order valence-corrected chi connectivity index (χ0v) is 16.0. The lowest BCUT2D eigenvalue weighted by atomic mass is 9.85. The van der Waals surface area contributed by atoms with Gasteiger partial charge in [-0.05, 0) is 23.5 Å². The Balaban J connectivity index is 1.77. The molecule has 0 spiro atoms. The third-order valence-corrected chi connectivity index (χ3v) is 4.75. The summed E-state index contributed by atoms with van der Waals surface area (Å²) in [6.07, 6.45) is 0. The van der Waals surface area contributed by atoms with Crippen LogP contribution in [0.2, 0.25) is 0 Å². The summed E-state index contributed by atoms with van der Waals surface area (Å²) >= 11 is 0. The normalized spacial score (nSPS) is 14.2. The number of carbonyl (C=O) groups is 3. The quantitative estimate of drug-likeness (QED) is 0.599. The molecule has 0 N–H and O–H groups in total. The van der Waals surface area contributed by atoms with Crippen LogP contribution in [0.3, 0.4) is 0 Å². The third kappa shape index (κ3) is 3.61. The number of ether oxygens (including phenoxy) is 1. The molecule has 3 rings (SSSR count). The Morgan fingerprint density at radius 1 is 0.889 bits per heavy atom. The Morgan fingerprint density at radius 3 is 2.00 bits per heavy atom. The fourth-order valence-corrected chi connectivity index (χ4v) is 3.07. The van der Waals surface area contributed by atoms with Crippen LogP contribution in [0.5, 0.6) is 0 Å². The van der Waals surface area contributed by atoms with Gasteiger partial charge in [-0.15, -0.1) is 0 Å². The topological polar surface area (TPSA) is 60.4 Å². The molecule has 0 aliphatic heterocycles. The molecule has 0 bridgehead atoms. The molecule has 1 aliphatic carbocycles. The molecule has 1 aliphatic rings. The van der Waals surface area contributed by atoms with Crippen LogP contribution in [-0.4, -0.2) is 17.5 Å². The van der Waals surface area contributed by atoms with E-state index in [9.17, 15) is 14.4 Å². The minimum Gasteiger partial charge on any atom is -0.457 e. The first-order chi connectivity index (χ1) is 12.7. The first kappa shape index (κ1) is 18.8. The molecule has 0 heterocycles. The molecule has 138 valence electrons. The minimum absolute atomic E-state index is 0.0411. The molecule has 0 unspecified atom stereocenters. The number of esters is 1. The first-order valence-electron chi connectivity index (χ1n) is 8.86. The molecule has 27 heavy (non-hydrogen) atoms. The Bertz CT molecular complexity index is 957. The molecule has 0 aromatic heterocycles. The summed E-state index contributed by atoms with van der Waals surface area (Å²) in [5.74, 6) is -1.54. The Labute approximate surface area is 158 Å². The lowest BCUT2D eigenvalue weighted by Gasteiger charge is -2.19. The Morgan fingerprint density at radius 2 is 1.44 bits per heavy atom. The smallest absolute Gasteiger partial charge is 0.342 e. The number of fused-ring (bicyclic) bond motifs is 1. The van der Waals surface area contributed by atoms with Gasteiger partial charge in [0, 0.05) is 16.7 Å². The highest BCUT2D eigenvalue weighted by Crippen LogP contribution is 2.27. The van der Waals surface area contributed by atoms with Gasteiger partial charge in [0.05, 0.1) is 0 Å². The number of Topliss-reactive ketones (excluding diaryl/α,β-unsaturated/α-hetero) is 2. The number of ketones is 2. The van der Waals surface area contributed by atoms with Crippen molar-refractivity contribution in [1.29, 1.82) is 0 Å². The zero-order valence-electron chi connectivity index (χ0n) is 16.0. The van der Waals surface area contributed by atoms with Crippen molar-refractivity contribution in [3.63, 3.8) is 0 Å². The number of carbonyl (C=O) groups excluding carboxylic acids is 3.